The summed E-state index contributed by atoms with van der Waals surface area (Å²) in [7, 11) is 0. The van der Waals surface area contributed by atoms with E-state index in [1.807, 2.05) is 29.6 Å². The third kappa shape index (κ3) is 2.48. The molecular formula is C16H11N5O2S. The molecule has 3 N–H and O–H groups in total. The normalized spacial score (nSPS) is 11.5. The van der Waals surface area contributed by atoms with Gasteiger partial charge in [-0.1, -0.05) is 24.3 Å². The van der Waals surface area contributed by atoms with E-state index in [0.29, 0.717) is 5.39 Å². The highest BCUT2D eigenvalue weighted by atomic mass is 32.1. The molecule has 7 nitrogen and oxygen atoms in total. The van der Waals surface area contributed by atoms with Gasteiger partial charge in [-0.05, 0) is 23.6 Å². The quantitative estimate of drug-likeness (QED) is 0.486. The van der Waals surface area contributed by atoms with Gasteiger partial charge in [0.1, 0.15) is 0 Å². The predicted octanol–water partition coefficient (Wildman–Crippen LogP) is 4.25. The molecule has 0 aliphatic heterocycles. The molecule has 0 saturated carbocycles. The van der Waals surface area contributed by atoms with Crippen molar-refractivity contribution in [1.82, 2.24) is 15.2 Å². The molecule has 8 heteroatoms. The fraction of sp³-hybridized carbons (Fsp3) is 0. The third-order valence-corrected chi connectivity index (χ3v) is 4.39. The first-order valence-electron chi connectivity index (χ1n) is 7.07. The summed E-state index contributed by atoms with van der Waals surface area (Å²) in [5.41, 5.74) is 1.86. The van der Waals surface area contributed by atoms with Gasteiger partial charge in [0.15, 0.2) is 11.4 Å². The number of hydrogen-bond acceptors (Lipinski definition) is 5. The van der Waals surface area contributed by atoms with Gasteiger partial charge in [-0.2, -0.15) is 5.10 Å². The summed E-state index contributed by atoms with van der Waals surface area (Å²) in [5, 5.41) is 26.9. The summed E-state index contributed by atoms with van der Waals surface area (Å²) in [4.78, 5) is 15.9. The second kappa shape index (κ2) is 5.74. The van der Waals surface area contributed by atoms with Crippen molar-refractivity contribution in [3.05, 3.63) is 53.5 Å². The van der Waals surface area contributed by atoms with Crippen LogP contribution in [0.15, 0.2) is 58.1 Å². The van der Waals surface area contributed by atoms with Crippen LogP contribution in [0, 0.1) is 0 Å². The van der Waals surface area contributed by atoms with Crippen LogP contribution in [-0.4, -0.2) is 26.2 Å². The maximum Gasteiger partial charge on any atom is 0.315 e. The van der Waals surface area contributed by atoms with Gasteiger partial charge in [-0.25, -0.2) is 0 Å². The van der Waals surface area contributed by atoms with E-state index in [1.54, 1.807) is 29.5 Å². The van der Waals surface area contributed by atoms with Crippen molar-refractivity contribution in [3.8, 4) is 16.5 Å². The number of aromatic hydroxyl groups is 1. The zero-order valence-corrected chi connectivity index (χ0v) is 13.0. The van der Waals surface area contributed by atoms with Crippen LogP contribution in [0.4, 0.5) is 5.69 Å². The topological polar surface area (TPSA) is 106 Å². The number of H-pyrrole nitrogens is 2. The van der Waals surface area contributed by atoms with Crippen LogP contribution in [0.5, 0.6) is 5.88 Å². The Kier molecular flexibility index (Phi) is 3.43. The molecule has 0 fully saturated rings. The average Bonchev–Trinajstić information content (AvgIpc) is 3.31. The minimum absolute atomic E-state index is 0.131. The van der Waals surface area contributed by atoms with Gasteiger partial charge in [0.05, 0.1) is 16.1 Å². The lowest BCUT2D eigenvalue weighted by molar-refractivity contribution is 0.0990. The maximum absolute atomic E-state index is 12.1. The number of carbonyl (C=O) groups excluding carboxylic acids is 1. The van der Waals surface area contributed by atoms with Crippen LogP contribution in [0.25, 0.3) is 21.5 Å². The molecule has 0 atom stereocenters. The summed E-state index contributed by atoms with van der Waals surface area (Å²) < 4.78 is 0. The number of fused-ring (bicyclic) bond motifs is 1. The number of nitrogens with one attached hydrogen (secondary N) is 2. The molecule has 4 aromatic rings. The van der Waals surface area contributed by atoms with Crippen molar-refractivity contribution in [2.24, 2.45) is 10.2 Å². The van der Waals surface area contributed by atoms with Gasteiger partial charge in [-0.15, -0.1) is 21.6 Å². The lowest BCUT2D eigenvalue weighted by atomic mass is 10.2. The van der Waals surface area contributed by atoms with Crippen molar-refractivity contribution in [2.75, 3.05) is 0 Å². The van der Waals surface area contributed by atoms with Gasteiger partial charge in [0.2, 0.25) is 5.88 Å². The van der Waals surface area contributed by atoms with E-state index in [2.05, 4.69) is 25.4 Å². The Balaban J connectivity index is 1.61. The van der Waals surface area contributed by atoms with Gasteiger partial charge in [0.25, 0.3) is 0 Å². The van der Waals surface area contributed by atoms with E-state index in [-0.39, 0.29) is 17.3 Å². The molecule has 0 aliphatic carbocycles. The standard InChI is InChI=1S/C16H11N5O2S/c22-15(12-8-11(18-19-12)13-6-3-7-24-13)21-20-14-9-4-1-2-5-10(9)17-16(14)23/h1-8,17,23H,(H,18,19). The number of hydrogen-bond donors (Lipinski definition) is 3. The second-order valence-electron chi connectivity index (χ2n) is 5.02. The van der Waals surface area contributed by atoms with Gasteiger partial charge >= 0.3 is 5.91 Å². The summed E-state index contributed by atoms with van der Waals surface area (Å²) in [6, 6.07) is 12.7. The summed E-state index contributed by atoms with van der Waals surface area (Å²) >= 11 is 1.54. The van der Waals surface area contributed by atoms with Crippen LogP contribution in [0.1, 0.15) is 10.5 Å². The molecule has 1 aromatic carbocycles. The molecule has 0 saturated heterocycles. The maximum atomic E-state index is 12.1. The molecule has 118 valence electrons. The number of amides is 1. The Hall–Kier alpha value is -3.26. The van der Waals surface area contributed by atoms with E-state index in [4.69, 9.17) is 0 Å². The first-order valence-corrected chi connectivity index (χ1v) is 7.95. The van der Waals surface area contributed by atoms with Crippen LogP contribution >= 0.6 is 11.3 Å². The molecule has 3 aromatic heterocycles. The Morgan fingerprint density at radius 1 is 1.21 bits per heavy atom. The molecule has 1 amide bonds. The molecule has 0 bridgehead atoms. The Labute approximate surface area is 139 Å². The van der Waals surface area contributed by atoms with Crippen LogP contribution in [0.3, 0.4) is 0 Å². The Morgan fingerprint density at radius 2 is 2.08 bits per heavy atom. The van der Waals surface area contributed by atoms with Crippen molar-refractivity contribution in [1.29, 1.82) is 0 Å². The van der Waals surface area contributed by atoms with E-state index in [9.17, 15) is 9.90 Å². The molecule has 0 spiro atoms. The second-order valence-corrected chi connectivity index (χ2v) is 5.96. The average molecular weight is 337 g/mol. The molecule has 4 rings (SSSR count). The number of rotatable bonds is 3. The largest absolute Gasteiger partial charge is 0.493 e. The van der Waals surface area contributed by atoms with Gasteiger partial charge in [-0.3, -0.25) is 9.89 Å². The summed E-state index contributed by atoms with van der Waals surface area (Å²) in [5.74, 6) is -0.715. The number of carbonyl (C=O) groups is 1. The molecule has 0 unspecified atom stereocenters. The number of azo groups is 1. The first-order chi connectivity index (χ1) is 11.7. The number of para-hydroxylation sites is 1. The molecular weight excluding hydrogens is 326 g/mol. The van der Waals surface area contributed by atoms with Gasteiger partial charge in [0, 0.05) is 5.39 Å². The summed E-state index contributed by atoms with van der Waals surface area (Å²) in [6.07, 6.45) is 0. The first kappa shape index (κ1) is 14.3. The van der Waals surface area contributed by atoms with E-state index in [0.717, 1.165) is 16.1 Å². The van der Waals surface area contributed by atoms with E-state index < -0.39 is 5.91 Å². The predicted molar refractivity (Wildman–Crippen MR) is 90.7 cm³/mol. The van der Waals surface area contributed by atoms with Gasteiger partial charge < -0.3 is 10.1 Å². The number of thiophene rings is 1. The Bertz CT molecular complexity index is 1050. The summed E-state index contributed by atoms with van der Waals surface area (Å²) in [6.45, 7) is 0. The molecule has 3 heterocycles. The highest BCUT2D eigenvalue weighted by Gasteiger charge is 2.13. The van der Waals surface area contributed by atoms with Crippen LogP contribution < -0.4 is 0 Å². The zero-order valence-electron chi connectivity index (χ0n) is 12.2. The highest BCUT2D eigenvalue weighted by Crippen LogP contribution is 2.35. The molecule has 0 radical (unpaired) electrons. The molecule has 0 aliphatic rings. The molecule has 24 heavy (non-hydrogen) atoms. The lowest BCUT2D eigenvalue weighted by Gasteiger charge is -1.90. The van der Waals surface area contributed by atoms with Crippen LogP contribution in [-0.2, 0) is 0 Å². The Morgan fingerprint density at radius 3 is 2.92 bits per heavy atom. The van der Waals surface area contributed by atoms with Crippen molar-refractivity contribution < 1.29 is 9.90 Å². The highest BCUT2D eigenvalue weighted by molar-refractivity contribution is 7.13. The van der Waals surface area contributed by atoms with E-state index in [1.165, 1.54) is 0 Å². The fourth-order valence-electron chi connectivity index (χ4n) is 2.35. The SMILES string of the molecule is O=C(N=Nc1c(O)[nH]c2ccccc12)c1cc(-c2cccs2)[nH]n1. The smallest absolute Gasteiger partial charge is 0.315 e. The van der Waals surface area contributed by atoms with Crippen molar-refractivity contribution in [2.45, 2.75) is 0 Å². The number of benzene rings is 1. The zero-order chi connectivity index (χ0) is 16.5. The monoisotopic (exact) mass is 337 g/mol. The van der Waals surface area contributed by atoms with Crippen molar-refractivity contribution >= 4 is 33.8 Å². The third-order valence-electron chi connectivity index (χ3n) is 3.48. The van der Waals surface area contributed by atoms with Crippen molar-refractivity contribution in [3.63, 3.8) is 0 Å². The number of nitrogens with zero attached hydrogens (tertiary/aromatic N) is 3. The minimum atomic E-state index is -0.585. The lowest BCUT2D eigenvalue weighted by Crippen LogP contribution is -1.93. The minimum Gasteiger partial charge on any atom is -0.493 e. The van der Waals surface area contributed by atoms with E-state index >= 15 is 0 Å². The van der Waals surface area contributed by atoms with Crippen LogP contribution in [0.2, 0.25) is 0 Å². The number of aromatic nitrogens is 3. The fourth-order valence-corrected chi connectivity index (χ4v) is 3.04. The number of aromatic amines is 2.